The van der Waals surface area contributed by atoms with E-state index in [0.717, 1.165) is 46.3 Å². The number of carbonyl (C=O) groups excluding carboxylic acids is 2. The van der Waals surface area contributed by atoms with Crippen LogP contribution in [0.3, 0.4) is 0 Å². The van der Waals surface area contributed by atoms with Crippen LogP contribution < -0.4 is 15.0 Å². The van der Waals surface area contributed by atoms with Crippen LogP contribution in [0.1, 0.15) is 42.4 Å². The number of halogens is 1. The van der Waals surface area contributed by atoms with Crippen LogP contribution in [0.4, 0.5) is 10.5 Å². The maximum absolute atomic E-state index is 13.2. The van der Waals surface area contributed by atoms with Crippen LogP contribution in [0.15, 0.2) is 60.7 Å². The summed E-state index contributed by atoms with van der Waals surface area (Å²) < 4.78 is 11.1. The molecule has 40 heavy (non-hydrogen) atoms. The fourth-order valence-corrected chi connectivity index (χ4v) is 5.06. The number of carboxylic acid groups (broad SMARTS) is 1. The van der Waals surface area contributed by atoms with E-state index in [2.05, 4.69) is 5.32 Å². The van der Waals surface area contributed by atoms with Crippen LogP contribution in [0, 0.1) is 6.92 Å². The van der Waals surface area contributed by atoms with Gasteiger partial charge in [0.2, 0.25) is 5.91 Å². The number of aryl methyl sites for hydroxylation is 1. The number of amides is 2. The van der Waals surface area contributed by atoms with E-state index in [1.807, 2.05) is 66.4 Å². The van der Waals surface area contributed by atoms with E-state index in [1.54, 1.807) is 6.07 Å². The van der Waals surface area contributed by atoms with Crippen molar-refractivity contribution in [1.82, 2.24) is 5.32 Å². The molecule has 0 spiro atoms. The molecule has 210 valence electrons. The normalized spacial score (nSPS) is 12.4. The Balaban J connectivity index is 1.39. The molecule has 2 amide bonds. The molecule has 0 bridgehead atoms. The zero-order valence-corrected chi connectivity index (χ0v) is 23.2. The SMILES string of the molecule is Cc1cccc(Cl)c1OCCCC(=O)N1CCCc2c(-c3cccc(COC(=O)NCCC(=O)O)c3)cccc21. The molecule has 0 fully saturated rings. The van der Waals surface area contributed by atoms with E-state index in [0.29, 0.717) is 36.8 Å². The number of ether oxygens (including phenoxy) is 2. The van der Waals surface area contributed by atoms with Gasteiger partial charge in [0.15, 0.2) is 0 Å². The van der Waals surface area contributed by atoms with Crippen molar-refractivity contribution >= 4 is 35.3 Å². The Morgan fingerprint density at radius 1 is 1.05 bits per heavy atom. The molecule has 3 aromatic carbocycles. The number of fused-ring (bicyclic) bond motifs is 1. The van der Waals surface area contributed by atoms with Crippen LogP contribution in [-0.2, 0) is 27.4 Å². The second-order valence-corrected chi connectivity index (χ2v) is 10.0. The molecule has 0 radical (unpaired) electrons. The molecule has 0 saturated carbocycles. The number of nitrogens with one attached hydrogen (secondary N) is 1. The summed E-state index contributed by atoms with van der Waals surface area (Å²) in [6.07, 6.45) is 1.85. The van der Waals surface area contributed by atoms with Crippen molar-refractivity contribution in [2.24, 2.45) is 0 Å². The minimum Gasteiger partial charge on any atom is -0.492 e. The molecule has 2 N–H and O–H groups in total. The van der Waals surface area contributed by atoms with Gasteiger partial charge in [0.25, 0.3) is 0 Å². The number of rotatable bonds is 11. The van der Waals surface area contributed by atoms with Gasteiger partial charge in [0.05, 0.1) is 18.1 Å². The van der Waals surface area contributed by atoms with Gasteiger partial charge in [0, 0.05) is 25.2 Å². The molecular weight excluding hydrogens is 532 g/mol. The molecule has 0 unspecified atom stereocenters. The van der Waals surface area contributed by atoms with Crippen LogP contribution in [0.5, 0.6) is 5.75 Å². The number of carboxylic acids is 1. The van der Waals surface area contributed by atoms with E-state index in [1.165, 1.54) is 0 Å². The van der Waals surface area contributed by atoms with Crippen molar-refractivity contribution < 1.29 is 29.0 Å². The Kier molecular flexibility index (Phi) is 10.0. The van der Waals surface area contributed by atoms with Crippen molar-refractivity contribution in [2.45, 2.75) is 45.6 Å². The minimum absolute atomic E-state index is 0.00759. The first-order chi connectivity index (χ1) is 19.3. The van der Waals surface area contributed by atoms with Gasteiger partial charge in [0.1, 0.15) is 12.4 Å². The average Bonchev–Trinajstić information content (AvgIpc) is 2.94. The first-order valence-corrected chi connectivity index (χ1v) is 13.7. The Labute approximate surface area is 238 Å². The van der Waals surface area contributed by atoms with Gasteiger partial charge >= 0.3 is 12.1 Å². The third-order valence-corrected chi connectivity index (χ3v) is 7.01. The Morgan fingerprint density at radius 2 is 1.85 bits per heavy atom. The Morgan fingerprint density at radius 3 is 2.65 bits per heavy atom. The van der Waals surface area contributed by atoms with E-state index >= 15 is 0 Å². The molecule has 0 atom stereocenters. The number of nitrogens with zero attached hydrogens (tertiary/aromatic N) is 1. The highest BCUT2D eigenvalue weighted by molar-refractivity contribution is 6.32. The van der Waals surface area contributed by atoms with Gasteiger partial charge in [-0.15, -0.1) is 0 Å². The molecule has 0 aromatic heterocycles. The van der Waals surface area contributed by atoms with Gasteiger partial charge in [-0.3, -0.25) is 9.59 Å². The summed E-state index contributed by atoms with van der Waals surface area (Å²) in [5.74, 6) is -0.262. The Bertz CT molecular complexity index is 1360. The topological polar surface area (TPSA) is 105 Å². The highest BCUT2D eigenvalue weighted by Crippen LogP contribution is 2.36. The highest BCUT2D eigenvalue weighted by Gasteiger charge is 2.24. The van der Waals surface area contributed by atoms with Crippen LogP contribution in [0.25, 0.3) is 11.1 Å². The lowest BCUT2D eigenvalue weighted by Gasteiger charge is -2.31. The molecule has 9 heteroatoms. The van der Waals surface area contributed by atoms with Crippen molar-refractivity contribution in [3.63, 3.8) is 0 Å². The second kappa shape index (κ2) is 13.8. The smallest absolute Gasteiger partial charge is 0.407 e. The highest BCUT2D eigenvalue weighted by atomic mass is 35.5. The molecule has 1 heterocycles. The van der Waals surface area contributed by atoms with E-state index < -0.39 is 12.1 Å². The van der Waals surface area contributed by atoms with Gasteiger partial charge in [-0.1, -0.05) is 54.1 Å². The van der Waals surface area contributed by atoms with Crippen LogP contribution in [-0.4, -0.2) is 42.8 Å². The van der Waals surface area contributed by atoms with Gasteiger partial charge in [-0.2, -0.15) is 0 Å². The molecule has 1 aliphatic rings. The number of aliphatic carboxylic acids is 1. The number of para-hydroxylation sites is 1. The molecule has 0 aliphatic carbocycles. The summed E-state index contributed by atoms with van der Waals surface area (Å²) in [7, 11) is 0. The molecule has 3 aromatic rings. The largest absolute Gasteiger partial charge is 0.492 e. The van der Waals surface area contributed by atoms with E-state index in [4.69, 9.17) is 26.2 Å². The monoisotopic (exact) mass is 564 g/mol. The molecular formula is C31H33ClN2O6. The average molecular weight is 565 g/mol. The lowest BCUT2D eigenvalue weighted by molar-refractivity contribution is -0.136. The lowest BCUT2D eigenvalue weighted by Crippen LogP contribution is -2.35. The predicted molar refractivity (Wildman–Crippen MR) is 154 cm³/mol. The summed E-state index contributed by atoms with van der Waals surface area (Å²) in [6, 6.07) is 19.4. The quantitative estimate of drug-likeness (QED) is 0.270. The number of alkyl carbamates (subject to hydrolysis) is 1. The van der Waals surface area contributed by atoms with E-state index in [9.17, 15) is 14.4 Å². The fourth-order valence-electron chi connectivity index (χ4n) is 4.79. The standard InChI is InChI=1S/C31H33ClN2O6/c1-21-7-2-12-26(32)30(21)39-18-6-14-28(35)34-17-5-11-25-24(10-4-13-27(25)34)23-9-3-8-22(19-23)20-40-31(38)33-16-15-29(36)37/h2-4,7-10,12-13,19H,5-6,11,14-18,20H2,1H3,(H,33,38)(H,36,37). The maximum Gasteiger partial charge on any atom is 0.407 e. The summed E-state index contributed by atoms with van der Waals surface area (Å²) in [5.41, 5.74) is 5.83. The van der Waals surface area contributed by atoms with Crippen molar-refractivity contribution in [3.05, 3.63) is 82.4 Å². The minimum atomic E-state index is -0.989. The summed E-state index contributed by atoms with van der Waals surface area (Å²) in [5, 5.41) is 11.7. The van der Waals surface area contributed by atoms with E-state index in [-0.39, 0.29) is 25.5 Å². The zero-order valence-electron chi connectivity index (χ0n) is 22.5. The number of hydrogen-bond acceptors (Lipinski definition) is 5. The third-order valence-electron chi connectivity index (χ3n) is 6.71. The summed E-state index contributed by atoms with van der Waals surface area (Å²) in [4.78, 5) is 37.6. The van der Waals surface area contributed by atoms with Gasteiger partial charge in [-0.25, -0.2) is 4.79 Å². The number of anilines is 1. The summed E-state index contributed by atoms with van der Waals surface area (Å²) >= 11 is 6.24. The lowest BCUT2D eigenvalue weighted by atomic mass is 9.91. The third kappa shape index (κ3) is 7.54. The van der Waals surface area contributed by atoms with Crippen molar-refractivity contribution in [2.75, 3.05) is 24.6 Å². The number of carbonyl (C=O) groups is 3. The fraction of sp³-hybridized carbons (Fsp3) is 0.323. The molecule has 8 nitrogen and oxygen atoms in total. The van der Waals surface area contributed by atoms with Crippen LogP contribution in [0.2, 0.25) is 5.02 Å². The first-order valence-electron chi connectivity index (χ1n) is 13.4. The number of hydrogen-bond donors (Lipinski definition) is 2. The zero-order chi connectivity index (χ0) is 28.5. The molecule has 1 aliphatic heterocycles. The van der Waals surface area contributed by atoms with Gasteiger partial charge in [-0.05, 0) is 72.2 Å². The van der Waals surface area contributed by atoms with Crippen molar-refractivity contribution in [1.29, 1.82) is 0 Å². The maximum atomic E-state index is 13.2. The first kappa shape index (κ1) is 29.0. The predicted octanol–water partition coefficient (Wildman–Crippen LogP) is 6.15. The Hall–Kier alpha value is -4.04. The second-order valence-electron chi connectivity index (χ2n) is 9.64. The summed E-state index contributed by atoms with van der Waals surface area (Å²) in [6.45, 7) is 3.09. The molecule has 0 saturated heterocycles. The molecule has 4 rings (SSSR count). The number of benzene rings is 3. The van der Waals surface area contributed by atoms with Crippen molar-refractivity contribution in [3.8, 4) is 16.9 Å². The van der Waals surface area contributed by atoms with Crippen LogP contribution >= 0.6 is 11.6 Å². The van der Waals surface area contributed by atoms with Gasteiger partial charge < -0.3 is 24.8 Å².